The van der Waals surface area contributed by atoms with E-state index in [1.807, 2.05) is 29.9 Å². The van der Waals surface area contributed by atoms with E-state index in [2.05, 4.69) is 10.2 Å². The lowest BCUT2D eigenvalue weighted by Gasteiger charge is -2.12. The van der Waals surface area contributed by atoms with Crippen molar-refractivity contribution in [3.8, 4) is 23.1 Å². The predicted octanol–water partition coefficient (Wildman–Crippen LogP) is -0.0351. The lowest BCUT2D eigenvalue weighted by molar-refractivity contribution is -0.676. The second-order valence-corrected chi connectivity index (χ2v) is 4.62. The van der Waals surface area contributed by atoms with Crippen molar-refractivity contribution >= 4 is 11.4 Å². The summed E-state index contributed by atoms with van der Waals surface area (Å²) in [6.45, 7) is 0. The molecule has 0 amide bonds. The maximum atomic E-state index is 5.29. The number of hydrogen-bond donors (Lipinski definition) is 0. The number of hydrogen-bond acceptors (Lipinski definition) is 6. The second-order valence-electron chi connectivity index (χ2n) is 4.62. The van der Waals surface area contributed by atoms with Crippen LogP contribution < -0.4 is 47.5 Å². The molecule has 0 atom stereocenters. The van der Waals surface area contributed by atoms with Crippen LogP contribution in [0.2, 0.25) is 0 Å². The van der Waals surface area contributed by atoms with Crippen molar-refractivity contribution in [2.75, 3.05) is 28.4 Å². The molecule has 2 rings (SSSR count). The fourth-order valence-electron chi connectivity index (χ4n) is 2.09. The Kier molecular flexibility index (Phi) is 7.69. The van der Waals surface area contributed by atoms with Gasteiger partial charge in [0.25, 0.3) is 0 Å². The molecule has 0 N–H and O–H groups in total. The van der Waals surface area contributed by atoms with Gasteiger partial charge in [0.05, 0.1) is 40.2 Å². The standard InChI is InChI=1S/C16H20N3O4.HI/c1-19-10-11(6-7-15(19)22-4)17-18-12-8-13(20-2)16(23-5)14(9-12)21-3;/h6-10H,1-5H3;1H/q+1;/p-1. The second kappa shape index (κ2) is 9.26. The first-order chi connectivity index (χ1) is 11.1. The van der Waals surface area contributed by atoms with Gasteiger partial charge in [0, 0.05) is 12.1 Å². The highest BCUT2D eigenvalue weighted by Crippen LogP contribution is 2.41. The molecule has 8 heteroatoms. The van der Waals surface area contributed by atoms with Crippen molar-refractivity contribution in [3.63, 3.8) is 0 Å². The number of aryl methyl sites for hydroxylation is 1. The number of azo groups is 1. The molecule has 0 spiro atoms. The van der Waals surface area contributed by atoms with Gasteiger partial charge in [-0.2, -0.15) is 9.68 Å². The van der Waals surface area contributed by atoms with Crippen LogP contribution >= 0.6 is 0 Å². The normalized spacial score (nSPS) is 10.2. The highest BCUT2D eigenvalue weighted by molar-refractivity contribution is 5.60. The topological polar surface area (TPSA) is 65.5 Å². The number of nitrogens with zero attached hydrogens (tertiary/aromatic N) is 3. The smallest absolute Gasteiger partial charge is 0.367 e. The largest absolute Gasteiger partial charge is 1.00 e. The van der Waals surface area contributed by atoms with Crippen molar-refractivity contribution < 1.29 is 47.5 Å². The Morgan fingerprint density at radius 3 is 1.83 bits per heavy atom. The van der Waals surface area contributed by atoms with Crippen molar-refractivity contribution in [1.29, 1.82) is 0 Å². The summed E-state index contributed by atoms with van der Waals surface area (Å²) in [5.74, 6) is 2.31. The van der Waals surface area contributed by atoms with Gasteiger partial charge in [-0.05, 0) is 6.07 Å². The van der Waals surface area contributed by atoms with Gasteiger partial charge >= 0.3 is 5.88 Å². The fourth-order valence-corrected chi connectivity index (χ4v) is 2.09. The number of aromatic nitrogens is 1. The van der Waals surface area contributed by atoms with Crippen LogP contribution in [0.25, 0.3) is 0 Å². The van der Waals surface area contributed by atoms with Crippen LogP contribution in [0.4, 0.5) is 11.4 Å². The van der Waals surface area contributed by atoms with Crippen molar-refractivity contribution in [3.05, 3.63) is 30.5 Å². The van der Waals surface area contributed by atoms with Gasteiger partial charge in [-0.1, -0.05) is 0 Å². The van der Waals surface area contributed by atoms with E-state index in [1.54, 1.807) is 40.6 Å². The molecule has 24 heavy (non-hydrogen) atoms. The summed E-state index contributed by atoms with van der Waals surface area (Å²) in [6, 6.07) is 7.10. The third-order valence-corrected chi connectivity index (χ3v) is 3.21. The Bertz CT molecular complexity index is 697. The van der Waals surface area contributed by atoms with Crippen LogP contribution in [-0.2, 0) is 7.05 Å². The first-order valence-electron chi connectivity index (χ1n) is 6.88. The molecule has 0 saturated heterocycles. The minimum atomic E-state index is 0. The lowest BCUT2D eigenvalue weighted by atomic mass is 10.2. The molecule has 2 aromatic rings. The Morgan fingerprint density at radius 2 is 1.38 bits per heavy atom. The van der Waals surface area contributed by atoms with Gasteiger partial charge in [0.15, 0.2) is 17.7 Å². The average molecular weight is 445 g/mol. The summed E-state index contributed by atoms with van der Waals surface area (Å²) in [5, 5.41) is 8.44. The Balaban J connectivity index is 0.00000288. The zero-order chi connectivity index (χ0) is 16.8. The number of rotatable bonds is 6. The van der Waals surface area contributed by atoms with E-state index in [4.69, 9.17) is 18.9 Å². The molecule has 0 radical (unpaired) electrons. The van der Waals surface area contributed by atoms with Crippen LogP contribution in [0.3, 0.4) is 0 Å². The molecule has 0 unspecified atom stereocenters. The van der Waals surface area contributed by atoms with E-state index >= 15 is 0 Å². The maximum Gasteiger partial charge on any atom is 0.367 e. The SMILES string of the molecule is COc1cc(N=Nc2ccc(OC)[n+](C)c2)cc(OC)c1OC.[I-]. The fraction of sp³-hybridized carbons (Fsp3) is 0.312. The number of pyridine rings is 1. The molecule has 0 fully saturated rings. The molecule has 0 bridgehead atoms. The molecule has 1 aromatic heterocycles. The van der Waals surface area contributed by atoms with E-state index in [-0.39, 0.29) is 24.0 Å². The van der Waals surface area contributed by atoms with Crippen molar-refractivity contribution in [2.24, 2.45) is 17.3 Å². The van der Waals surface area contributed by atoms with Gasteiger partial charge in [0.1, 0.15) is 12.7 Å². The zero-order valence-electron chi connectivity index (χ0n) is 14.2. The minimum absolute atomic E-state index is 0. The molecule has 1 aromatic carbocycles. The maximum absolute atomic E-state index is 5.29. The third-order valence-electron chi connectivity index (χ3n) is 3.21. The Labute approximate surface area is 158 Å². The number of halogens is 1. The highest BCUT2D eigenvalue weighted by atomic mass is 127. The monoisotopic (exact) mass is 445 g/mol. The Morgan fingerprint density at radius 1 is 0.792 bits per heavy atom. The third kappa shape index (κ3) is 4.47. The van der Waals surface area contributed by atoms with Gasteiger partial charge in [-0.25, -0.2) is 0 Å². The summed E-state index contributed by atoms with van der Waals surface area (Å²) in [6.07, 6.45) is 1.82. The van der Waals surface area contributed by atoms with E-state index in [1.165, 1.54) is 0 Å². The Hall–Kier alpha value is -2.10. The minimum Gasteiger partial charge on any atom is -1.00 e. The summed E-state index contributed by atoms with van der Waals surface area (Å²) in [7, 11) is 8.16. The summed E-state index contributed by atoms with van der Waals surface area (Å²) in [5.41, 5.74) is 1.29. The van der Waals surface area contributed by atoms with E-state index in [0.717, 1.165) is 5.88 Å². The van der Waals surface area contributed by atoms with Crippen molar-refractivity contribution in [1.82, 2.24) is 0 Å². The summed E-state index contributed by atoms with van der Waals surface area (Å²) < 4.78 is 22.9. The van der Waals surface area contributed by atoms with E-state index in [0.29, 0.717) is 28.6 Å². The summed E-state index contributed by atoms with van der Waals surface area (Å²) in [4.78, 5) is 0. The van der Waals surface area contributed by atoms with E-state index < -0.39 is 0 Å². The quantitative estimate of drug-likeness (QED) is 0.356. The van der Waals surface area contributed by atoms with Crippen LogP contribution in [0.1, 0.15) is 0 Å². The predicted molar refractivity (Wildman–Crippen MR) is 84.4 cm³/mol. The molecule has 0 saturated carbocycles. The first-order valence-corrected chi connectivity index (χ1v) is 6.88. The highest BCUT2D eigenvalue weighted by Gasteiger charge is 2.13. The van der Waals surface area contributed by atoms with E-state index in [9.17, 15) is 0 Å². The molecular weight excluding hydrogens is 425 g/mol. The molecule has 7 nitrogen and oxygen atoms in total. The van der Waals surface area contributed by atoms with Gasteiger partial charge < -0.3 is 42.9 Å². The molecule has 0 aliphatic rings. The number of methoxy groups -OCH3 is 4. The van der Waals surface area contributed by atoms with Gasteiger partial charge in [-0.3, -0.25) is 0 Å². The molecular formula is C16H20IN3O4. The van der Waals surface area contributed by atoms with Crippen LogP contribution in [0.5, 0.6) is 23.1 Å². The van der Waals surface area contributed by atoms with Gasteiger partial charge in [-0.15, -0.1) is 5.11 Å². The molecule has 130 valence electrons. The molecule has 0 aliphatic carbocycles. The average Bonchev–Trinajstić information content (AvgIpc) is 2.58. The zero-order valence-corrected chi connectivity index (χ0v) is 16.4. The lowest BCUT2D eigenvalue weighted by Crippen LogP contribution is -3.00. The summed E-state index contributed by atoms with van der Waals surface area (Å²) >= 11 is 0. The first kappa shape index (κ1) is 19.9. The molecule has 0 aliphatic heterocycles. The number of ether oxygens (including phenoxy) is 4. The van der Waals surface area contributed by atoms with Crippen LogP contribution in [0, 0.1) is 0 Å². The molecule has 1 heterocycles. The van der Waals surface area contributed by atoms with Crippen molar-refractivity contribution in [2.45, 2.75) is 0 Å². The van der Waals surface area contributed by atoms with Crippen LogP contribution in [0.15, 0.2) is 40.7 Å². The van der Waals surface area contributed by atoms with Gasteiger partial charge in [0.2, 0.25) is 5.75 Å². The number of benzene rings is 1. The van der Waals surface area contributed by atoms with Crippen LogP contribution in [-0.4, -0.2) is 28.4 Å².